The maximum absolute atomic E-state index is 3.88. The van der Waals surface area contributed by atoms with Crippen LogP contribution < -0.4 is 10.2 Å². The van der Waals surface area contributed by atoms with Crippen molar-refractivity contribution in [2.45, 2.75) is 31.8 Å². The van der Waals surface area contributed by atoms with E-state index in [0.717, 1.165) is 11.0 Å². The largest absolute Gasteiger partial charge is 0.365 e. The van der Waals surface area contributed by atoms with Gasteiger partial charge in [-0.25, -0.2) is 0 Å². The van der Waals surface area contributed by atoms with Gasteiger partial charge in [0.05, 0.1) is 0 Å². The van der Waals surface area contributed by atoms with Crippen LogP contribution in [0.1, 0.15) is 31.4 Å². The van der Waals surface area contributed by atoms with Crippen LogP contribution in [0.15, 0.2) is 35.3 Å². The SMILES string of the molecule is C=CCN(c1ccc(Br)cc1C(C)NC)C1CC1. The number of halogens is 1. The van der Waals surface area contributed by atoms with Gasteiger partial charge in [0.2, 0.25) is 0 Å². The standard InChI is InChI=1S/C15H21BrN2/c1-4-9-18(13-6-7-13)15-8-5-12(16)10-14(15)11(2)17-3/h4-5,8,10-11,13,17H,1,6-7,9H2,2-3H3. The quantitative estimate of drug-likeness (QED) is 0.802. The number of anilines is 1. The highest BCUT2D eigenvalue weighted by Crippen LogP contribution is 2.36. The summed E-state index contributed by atoms with van der Waals surface area (Å²) in [7, 11) is 2.00. The highest BCUT2D eigenvalue weighted by Gasteiger charge is 2.30. The van der Waals surface area contributed by atoms with E-state index in [1.165, 1.54) is 24.1 Å². The highest BCUT2D eigenvalue weighted by atomic mass is 79.9. The molecule has 18 heavy (non-hydrogen) atoms. The van der Waals surface area contributed by atoms with Crippen molar-refractivity contribution in [1.82, 2.24) is 5.32 Å². The first-order chi connectivity index (χ1) is 8.67. The zero-order valence-corrected chi connectivity index (χ0v) is 12.7. The van der Waals surface area contributed by atoms with Crippen LogP contribution in [0, 0.1) is 0 Å². The van der Waals surface area contributed by atoms with Gasteiger partial charge in [0.1, 0.15) is 0 Å². The zero-order chi connectivity index (χ0) is 13.1. The number of nitrogens with one attached hydrogen (secondary N) is 1. The molecule has 1 N–H and O–H groups in total. The van der Waals surface area contributed by atoms with Crippen molar-refractivity contribution < 1.29 is 0 Å². The van der Waals surface area contributed by atoms with Crippen LogP contribution in [-0.4, -0.2) is 19.6 Å². The monoisotopic (exact) mass is 308 g/mol. The zero-order valence-electron chi connectivity index (χ0n) is 11.1. The molecule has 1 aliphatic rings. The van der Waals surface area contributed by atoms with Gasteiger partial charge in [0.15, 0.2) is 0 Å². The van der Waals surface area contributed by atoms with Crippen LogP contribution in [0.25, 0.3) is 0 Å². The molecule has 3 heteroatoms. The van der Waals surface area contributed by atoms with Gasteiger partial charge in [-0.05, 0) is 50.6 Å². The predicted molar refractivity (Wildman–Crippen MR) is 82.2 cm³/mol. The number of hydrogen-bond acceptors (Lipinski definition) is 2. The van der Waals surface area contributed by atoms with E-state index in [-0.39, 0.29) is 0 Å². The summed E-state index contributed by atoms with van der Waals surface area (Å²) in [6, 6.07) is 7.61. The molecule has 0 saturated heterocycles. The average Bonchev–Trinajstić information content (AvgIpc) is 3.19. The molecule has 1 aromatic carbocycles. The van der Waals surface area contributed by atoms with E-state index < -0.39 is 0 Å². The van der Waals surface area contributed by atoms with Gasteiger partial charge in [-0.15, -0.1) is 6.58 Å². The molecule has 1 aromatic rings. The van der Waals surface area contributed by atoms with Gasteiger partial charge < -0.3 is 10.2 Å². The van der Waals surface area contributed by atoms with E-state index in [0.29, 0.717) is 12.1 Å². The summed E-state index contributed by atoms with van der Waals surface area (Å²) >= 11 is 3.57. The third-order valence-corrected chi connectivity index (χ3v) is 4.01. The Kier molecular flexibility index (Phi) is 4.46. The van der Waals surface area contributed by atoms with Crippen LogP contribution >= 0.6 is 15.9 Å². The van der Waals surface area contributed by atoms with Crippen molar-refractivity contribution in [3.8, 4) is 0 Å². The third-order valence-electron chi connectivity index (χ3n) is 3.51. The fraction of sp³-hybridized carbons (Fsp3) is 0.467. The molecule has 1 fully saturated rings. The minimum absolute atomic E-state index is 0.351. The molecule has 0 heterocycles. The first kappa shape index (κ1) is 13.6. The molecule has 0 radical (unpaired) electrons. The Morgan fingerprint density at radius 1 is 1.56 bits per heavy atom. The Bertz CT molecular complexity index is 427. The van der Waals surface area contributed by atoms with E-state index in [4.69, 9.17) is 0 Å². The summed E-state index contributed by atoms with van der Waals surface area (Å²) in [5, 5.41) is 3.33. The molecule has 98 valence electrons. The van der Waals surface area contributed by atoms with Crippen molar-refractivity contribution in [3.63, 3.8) is 0 Å². The van der Waals surface area contributed by atoms with Gasteiger partial charge in [-0.3, -0.25) is 0 Å². The molecular formula is C15H21BrN2. The van der Waals surface area contributed by atoms with Crippen LogP contribution in [-0.2, 0) is 0 Å². The van der Waals surface area contributed by atoms with Gasteiger partial charge in [-0.2, -0.15) is 0 Å². The molecule has 0 bridgehead atoms. The van der Waals surface area contributed by atoms with Gasteiger partial charge in [0, 0.05) is 28.8 Å². The predicted octanol–water partition coefficient (Wildman–Crippen LogP) is 3.88. The lowest BCUT2D eigenvalue weighted by molar-refractivity contribution is 0.647. The minimum atomic E-state index is 0.351. The second kappa shape index (κ2) is 5.89. The fourth-order valence-corrected chi connectivity index (χ4v) is 2.64. The topological polar surface area (TPSA) is 15.3 Å². The molecule has 0 aliphatic heterocycles. The van der Waals surface area contributed by atoms with Crippen molar-refractivity contribution in [3.05, 3.63) is 40.9 Å². The second-order valence-electron chi connectivity index (χ2n) is 4.89. The van der Waals surface area contributed by atoms with E-state index in [9.17, 15) is 0 Å². The van der Waals surface area contributed by atoms with E-state index in [2.05, 4.69) is 57.8 Å². The van der Waals surface area contributed by atoms with Crippen LogP contribution in [0.3, 0.4) is 0 Å². The van der Waals surface area contributed by atoms with Gasteiger partial charge in [-0.1, -0.05) is 22.0 Å². The third kappa shape index (κ3) is 2.96. The Hall–Kier alpha value is -0.800. The molecule has 0 aromatic heterocycles. The van der Waals surface area contributed by atoms with E-state index in [1.807, 2.05) is 13.1 Å². The molecule has 2 rings (SSSR count). The second-order valence-corrected chi connectivity index (χ2v) is 5.80. The molecular weight excluding hydrogens is 288 g/mol. The molecule has 1 unspecified atom stereocenters. The summed E-state index contributed by atoms with van der Waals surface area (Å²) in [4.78, 5) is 2.47. The van der Waals surface area contributed by atoms with Crippen molar-refractivity contribution in [2.75, 3.05) is 18.5 Å². The fourth-order valence-electron chi connectivity index (χ4n) is 2.26. The summed E-state index contributed by atoms with van der Waals surface area (Å²) in [5.41, 5.74) is 2.68. The molecule has 1 atom stereocenters. The Morgan fingerprint density at radius 3 is 2.83 bits per heavy atom. The maximum atomic E-state index is 3.88. The van der Waals surface area contributed by atoms with Crippen molar-refractivity contribution in [1.29, 1.82) is 0 Å². The smallest absolute Gasteiger partial charge is 0.0420 e. The number of rotatable bonds is 6. The number of benzene rings is 1. The van der Waals surface area contributed by atoms with E-state index >= 15 is 0 Å². The van der Waals surface area contributed by atoms with Gasteiger partial charge in [0.25, 0.3) is 0 Å². The Labute approximate surface area is 118 Å². The number of nitrogens with zero attached hydrogens (tertiary/aromatic N) is 1. The Balaban J connectivity index is 2.37. The molecule has 1 aliphatic carbocycles. The minimum Gasteiger partial charge on any atom is -0.365 e. The maximum Gasteiger partial charge on any atom is 0.0420 e. The van der Waals surface area contributed by atoms with Crippen molar-refractivity contribution in [2.24, 2.45) is 0 Å². The van der Waals surface area contributed by atoms with Crippen LogP contribution in [0.2, 0.25) is 0 Å². The first-order valence-corrected chi connectivity index (χ1v) is 7.31. The lowest BCUT2D eigenvalue weighted by atomic mass is 10.0. The first-order valence-electron chi connectivity index (χ1n) is 6.51. The molecule has 0 spiro atoms. The normalized spacial score (nSPS) is 16.4. The Morgan fingerprint density at radius 2 is 2.28 bits per heavy atom. The lowest BCUT2D eigenvalue weighted by Gasteiger charge is -2.28. The van der Waals surface area contributed by atoms with Crippen molar-refractivity contribution >= 4 is 21.6 Å². The average molecular weight is 309 g/mol. The van der Waals surface area contributed by atoms with Gasteiger partial charge >= 0.3 is 0 Å². The summed E-state index contributed by atoms with van der Waals surface area (Å²) < 4.78 is 1.14. The van der Waals surface area contributed by atoms with Crippen LogP contribution in [0.5, 0.6) is 0 Å². The summed E-state index contributed by atoms with van der Waals surface area (Å²) in [5.74, 6) is 0. The van der Waals surface area contributed by atoms with E-state index in [1.54, 1.807) is 0 Å². The lowest BCUT2D eigenvalue weighted by Crippen LogP contribution is -2.28. The molecule has 2 nitrogen and oxygen atoms in total. The molecule has 1 saturated carbocycles. The highest BCUT2D eigenvalue weighted by molar-refractivity contribution is 9.10. The molecule has 0 amide bonds. The van der Waals surface area contributed by atoms with Crippen LogP contribution in [0.4, 0.5) is 5.69 Å². The summed E-state index contributed by atoms with van der Waals surface area (Å²) in [6.07, 6.45) is 4.60. The summed E-state index contributed by atoms with van der Waals surface area (Å²) in [6.45, 7) is 7.01. The number of hydrogen-bond donors (Lipinski definition) is 1.